The molecule has 2 nitrogen and oxygen atoms in total. The smallest absolute Gasteiger partial charge is 0.0667 e. The molecule has 0 radical (unpaired) electrons. The Morgan fingerprint density at radius 3 is 2.42 bits per heavy atom. The number of oxime groups is 1. The molecule has 0 aromatic rings. The van der Waals surface area contributed by atoms with E-state index in [-0.39, 0.29) is 5.41 Å². The predicted molar refractivity (Wildman–Crippen MR) is 131 cm³/mol. The minimum atomic E-state index is -0.0867. The van der Waals surface area contributed by atoms with Crippen LogP contribution >= 0.6 is 0 Å². The molecule has 0 unspecified atom stereocenters. The zero-order chi connectivity index (χ0) is 22.6. The summed E-state index contributed by atoms with van der Waals surface area (Å²) in [7, 11) is 0. The molecule has 3 saturated carbocycles. The fourth-order valence-electron chi connectivity index (χ4n) is 9.43. The van der Waals surface area contributed by atoms with E-state index >= 15 is 0 Å². The van der Waals surface area contributed by atoms with Gasteiger partial charge in [0.05, 0.1) is 5.71 Å². The van der Waals surface area contributed by atoms with Crippen LogP contribution in [-0.2, 0) is 0 Å². The third-order valence-corrected chi connectivity index (χ3v) is 11.1. The Balaban J connectivity index is 1.55. The summed E-state index contributed by atoms with van der Waals surface area (Å²) in [5, 5.41) is 13.4. The quantitative estimate of drug-likeness (QED) is 0.266. The highest BCUT2D eigenvalue weighted by atomic mass is 16.4. The lowest BCUT2D eigenvalue weighted by Crippen LogP contribution is -2.53. The summed E-state index contributed by atoms with van der Waals surface area (Å²) in [6.45, 7) is 17.2. The molecule has 0 bridgehead atoms. The summed E-state index contributed by atoms with van der Waals surface area (Å²) >= 11 is 0. The zero-order valence-electron chi connectivity index (χ0n) is 21.5. The van der Waals surface area contributed by atoms with Crippen LogP contribution in [0.3, 0.4) is 0 Å². The summed E-state index contributed by atoms with van der Waals surface area (Å²) in [6, 6.07) is 0. The molecule has 4 rings (SSSR count). The van der Waals surface area contributed by atoms with Crippen LogP contribution in [0.1, 0.15) is 113 Å². The molecule has 0 aliphatic heterocycles. The topological polar surface area (TPSA) is 32.6 Å². The van der Waals surface area contributed by atoms with Gasteiger partial charge < -0.3 is 5.21 Å². The molecule has 0 amide bonds. The number of hydrogen-bond donors (Lipinski definition) is 1. The second-order valence-electron chi connectivity index (χ2n) is 13.3. The van der Waals surface area contributed by atoms with Crippen LogP contribution in [0.5, 0.6) is 0 Å². The SMILES string of the molecule is CC(C)CCC[C@@H](C)[C@H]1CC[C@H]2[C@@H]3CC=C4C(C)(C)/C(=N\O)CC[C@]4(C)[C@H]3CC[C@]12C. The molecule has 4 aliphatic carbocycles. The van der Waals surface area contributed by atoms with E-state index in [0.717, 1.165) is 47.6 Å². The van der Waals surface area contributed by atoms with Gasteiger partial charge in [0, 0.05) is 5.41 Å². The van der Waals surface area contributed by atoms with Gasteiger partial charge in [-0.2, -0.15) is 0 Å². The van der Waals surface area contributed by atoms with Gasteiger partial charge in [-0.15, -0.1) is 0 Å². The molecule has 3 fully saturated rings. The van der Waals surface area contributed by atoms with Crippen LogP contribution < -0.4 is 0 Å². The summed E-state index contributed by atoms with van der Waals surface area (Å²) in [5.41, 5.74) is 3.34. The second kappa shape index (κ2) is 8.21. The lowest BCUT2D eigenvalue weighted by molar-refractivity contribution is -0.0511. The molecule has 31 heavy (non-hydrogen) atoms. The zero-order valence-corrected chi connectivity index (χ0v) is 21.5. The van der Waals surface area contributed by atoms with Crippen molar-refractivity contribution in [2.24, 2.45) is 56.9 Å². The van der Waals surface area contributed by atoms with Crippen molar-refractivity contribution in [3.05, 3.63) is 11.6 Å². The van der Waals surface area contributed by atoms with E-state index in [4.69, 9.17) is 0 Å². The molecular weight excluding hydrogens is 378 g/mol. The van der Waals surface area contributed by atoms with Crippen molar-refractivity contribution < 1.29 is 5.21 Å². The first-order valence-corrected chi connectivity index (χ1v) is 13.5. The Labute approximate surface area is 192 Å². The van der Waals surface area contributed by atoms with Crippen molar-refractivity contribution in [1.82, 2.24) is 0 Å². The molecule has 0 aromatic carbocycles. The predicted octanol–water partition coefficient (Wildman–Crippen LogP) is 8.49. The number of rotatable bonds is 5. The van der Waals surface area contributed by atoms with Crippen LogP contribution in [0.2, 0.25) is 0 Å². The third-order valence-electron chi connectivity index (χ3n) is 11.1. The Bertz CT molecular complexity index is 733. The highest BCUT2D eigenvalue weighted by Gasteiger charge is 2.60. The van der Waals surface area contributed by atoms with Crippen LogP contribution in [0.4, 0.5) is 0 Å². The molecule has 7 atom stereocenters. The van der Waals surface area contributed by atoms with Gasteiger partial charge >= 0.3 is 0 Å². The summed E-state index contributed by atoms with van der Waals surface area (Å²) in [6.07, 6.45) is 16.0. The molecular formula is C29H49NO. The first-order chi connectivity index (χ1) is 14.6. The molecule has 2 heteroatoms. The number of fused-ring (bicyclic) bond motifs is 5. The first kappa shape index (κ1) is 23.4. The third kappa shape index (κ3) is 3.63. The van der Waals surface area contributed by atoms with Crippen LogP contribution in [0, 0.1) is 51.8 Å². The van der Waals surface area contributed by atoms with Crippen LogP contribution in [-0.4, -0.2) is 10.9 Å². The van der Waals surface area contributed by atoms with Gasteiger partial charge in [0.15, 0.2) is 0 Å². The van der Waals surface area contributed by atoms with Gasteiger partial charge in [0.25, 0.3) is 0 Å². The summed E-state index contributed by atoms with van der Waals surface area (Å²) < 4.78 is 0. The number of hydrogen-bond acceptors (Lipinski definition) is 2. The molecule has 0 saturated heterocycles. The highest BCUT2D eigenvalue weighted by molar-refractivity contribution is 5.93. The maximum atomic E-state index is 9.62. The fourth-order valence-corrected chi connectivity index (χ4v) is 9.43. The van der Waals surface area contributed by atoms with E-state index in [1.807, 2.05) is 0 Å². The molecule has 1 N–H and O–H groups in total. The summed E-state index contributed by atoms with van der Waals surface area (Å²) in [5.74, 6) is 5.25. The van der Waals surface area contributed by atoms with E-state index in [1.54, 1.807) is 5.57 Å². The number of allylic oxidation sites excluding steroid dienone is 2. The first-order valence-electron chi connectivity index (χ1n) is 13.5. The van der Waals surface area contributed by atoms with E-state index in [2.05, 4.69) is 59.7 Å². The van der Waals surface area contributed by atoms with Gasteiger partial charge in [0.2, 0.25) is 0 Å². The Morgan fingerprint density at radius 1 is 1.00 bits per heavy atom. The van der Waals surface area contributed by atoms with Crippen molar-refractivity contribution in [3.8, 4) is 0 Å². The number of nitrogens with zero attached hydrogens (tertiary/aromatic N) is 1. The molecule has 0 aromatic heterocycles. The largest absolute Gasteiger partial charge is 0.411 e. The fraction of sp³-hybridized carbons (Fsp3) is 0.897. The van der Waals surface area contributed by atoms with Gasteiger partial charge in [-0.05, 0) is 91.3 Å². The van der Waals surface area contributed by atoms with Crippen molar-refractivity contribution in [1.29, 1.82) is 0 Å². The van der Waals surface area contributed by atoms with Crippen molar-refractivity contribution in [3.63, 3.8) is 0 Å². The second-order valence-corrected chi connectivity index (χ2v) is 13.3. The Morgan fingerprint density at radius 2 is 1.74 bits per heavy atom. The minimum absolute atomic E-state index is 0.0867. The molecule has 4 aliphatic rings. The minimum Gasteiger partial charge on any atom is -0.411 e. The maximum Gasteiger partial charge on any atom is 0.0667 e. The normalized spacial score (nSPS) is 43.9. The average Bonchev–Trinajstić information content (AvgIpc) is 3.04. The molecule has 0 spiro atoms. The molecule has 176 valence electrons. The van der Waals surface area contributed by atoms with Crippen LogP contribution in [0.15, 0.2) is 16.8 Å². The van der Waals surface area contributed by atoms with E-state index < -0.39 is 0 Å². The van der Waals surface area contributed by atoms with Gasteiger partial charge in [0.1, 0.15) is 0 Å². The molecule has 0 heterocycles. The monoisotopic (exact) mass is 427 g/mol. The average molecular weight is 428 g/mol. The maximum absolute atomic E-state index is 9.62. The van der Waals surface area contributed by atoms with E-state index in [0.29, 0.717) is 10.8 Å². The van der Waals surface area contributed by atoms with Crippen molar-refractivity contribution in [2.45, 2.75) is 113 Å². The Kier molecular flexibility index (Phi) is 6.19. The van der Waals surface area contributed by atoms with Gasteiger partial charge in [-0.3, -0.25) is 0 Å². The lowest BCUT2D eigenvalue weighted by atomic mass is 9.44. The van der Waals surface area contributed by atoms with E-state index in [1.165, 1.54) is 57.8 Å². The summed E-state index contributed by atoms with van der Waals surface area (Å²) in [4.78, 5) is 0. The van der Waals surface area contributed by atoms with E-state index in [9.17, 15) is 5.21 Å². The van der Waals surface area contributed by atoms with Crippen LogP contribution in [0.25, 0.3) is 0 Å². The Hall–Kier alpha value is -0.790. The standard InChI is InChI=1S/C29H49NO/c1-19(2)9-8-10-20(3)22-12-13-23-21-11-14-25-27(4,5)26(30-31)16-18-29(25,7)24(21)15-17-28(22,23)6/h14,19-24,31H,8-13,15-18H2,1-7H3/b30-26-/t20-,21+,22-,23+,24+,28-,29-/m1/s1. The van der Waals surface area contributed by atoms with Crippen molar-refractivity contribution >= 4 is 5.71 Å². The highest BCUT2D eigenvalue weighted by Crippen LogP contribution is 2.68. The van der Waals surface area contributed by atoms with Crippen molar-refractivity contribution in [2.75, 3.05) is 0 Å². The van der Waals surface area contributed by atoms with Gasteiger partial charge in [-0.1, -0.05) is 84.5 Å². The van der Waals surface area contributed by atoms with Gasteiger partial charge in [-0.25, -0.2) is 0 Å². The lowest BCUT2D eigenvalue weighted by Gasteiger charge is -2.60.